The zero-order valence-corrected chi connectivity index (χ0v) is 17.5. The van der Waals surface area contributed by atoms with Gasteiger partial charge >= 0.3 is 0 Å². The first-order valence-corrected chi connectivity index (χ1v) is 9.46. The molecule has 0 aromatic carbocycles. The van der Waals surface area contributed by atoms with Crippen molar-refractivity contribution in [1.82, 2.24) is 14.8 Å². The molecule has 30 heavy (non-hydrogen) atoms. The number of aliphatic hydroxyl groups excluding tert-OH is 1. The molecule has 1 aromatic rings. The summed E-state index contributed by atoms with van der Waals surface area (Å²) in [6, 6.07) is 1.49. The van der Waals surface area contributed by atoms with Crippen molar-refractivity contribution < 1.29 is 9.84 Å². The summed E-state index contributed by atoms with van der Waals surface area (Å²) in [4.78, 5) is 16.2. The summed E-state index contributed by atoms with van der Waals surface area (Å²) in [5.41, 5.74) is 1.05. The van der Waals surface area contributed by atoms with Crippen LogP contribution in [0.3, 0.4) is 0 Å². The van der Waals surface area contributed by atoms with E-state index in [1.807, 2.05) is 14.1 Å². The minimum Gasteiger partial charge on any atom is -0.394 e. The van der Waals surface area contributed by atoms with Gasteiger partial charge in [0.2, 0.25) is 5.43 Å². The maximum absolute atomic E-state index is 12.0. The molecule has 0 radical (unpaired) electrons. The van der Waals surface area contributed by atoms with Crippen molar-refractivity contribution in [3.63, 3.8) is 0 Å². The van der Waals surface area contributed by atoms with Crippen LogP contribution in [0, 0.1) is 5.41 Å². The molecule has 1 heterocycles. The SMILES string of the molecule is C=C(/C=C\C=C\C=NCC(C=N)OCCO)Cc1nn(C/C=N\N(C)C)ccc1=O. The van der Waals surface area contributed by atoms with E-state index in [2.05, 4.69) is 21.8 Å². The number of ether oxygens (including phenoxy) is 1. The second-order valence-electron chi connectivity index (χ2n) is 6.39. The van der Waals surface area contributed by atoms with Crippen LogP contribution in [-0.4, -0.2) is 78.5 Å². The van der Waals surface area contributed by atoms with Gasteiger partial charge in [0, 0.05) is 51.4 Å². The van der Waals surface area contributed by atoms with Crippen molar-refractivity contribution in [3.05, 3.63) is 64.6 Å². The minimum absolute atomic E-state index is 0.0836. The van der Waals surface area contributed by atoms with Gasteiger partial charge < -0.3 is 20.3 Å². The molecule has 9 nitrogen and oxygen atoms in total. The van der Waals surface area contributed by atoms with Crippen molar-refractivity contribution in [2.75, 3.05) is 33.9 Å². The predicted octanol–water partition coefficient (Wildman–Crippen LogP) is 1.10. The van der Waals surface area contributed by atoms with Crippen LogP contribution in [0.2, 0.25) is 0 Å². The molecule has 1 unspecified atom stereocenters. The van der Waals surface area contributed by atoms with E-state index in [0.717, 1.165) is 11.8 Å². The monoisotopic (exact) mass is 414 g/mol. The number of hydrogen-bond donors (Lipinski definition) is 2. The normalized spacial score (nSPS) is 13.0. The van der Waals surface area contributed by atoms with Crippen LogP contribution in [0.4, 0.5) is 0 Å². The second kappa shape index (κ2) is 14.8. The Bertz CT molecular complexity index is 839. The van der Waals surface area contributed by atoms with Gasteiger partial charge in [-0.3, -0.25) is 14.5 Å². The van der Waals surface area contributed by atoms with E-state index in [-0.39, 0.29) is 18.6 Å². The van der Waals surface area contributed by atoms with Crippen molar-refractivity contribution in [2.45, 2.75) is 19.1 Å². The first-order valence-electron chi connectivity index (χ1n) is 9.46. The van der Waals surface area contributed by atoms with Gasteiger partial charge in [0.15, 0.2) is 0 Å². The molecule has 0 aliphatic heterocycles. The summed E-state index contributed by atoms with van der Waals surface area (Å²) in [6.07, 6.45) is 13.2. The average Bonchev–Trinajstić information content (AvgIpc) is 2.71. The average molecular weight is 415 g/mol. The molecule has 0 fully saturated rings. The molecule has 0 aliphatic rings. The quantitative estimate of drug-likeness (QED) is 0.269. The minimum atomic E-state index is -0.436. The van der Waals surface area contributed by atoms with Crippen LogP contribution in [0.5, 0.6) is 0 Å². The highest BCUT2D eigenvalue weighted by molar-refractivity contribution is 5.72. The fraction of sp³-hybridized carbons (Fsp3) is 0.381. The molecule has 9 heteroatoms. The van der Waals surface area contributed by atoms with E-state index in [1.54, 1.807) is 52.6 Å². The van der Waals surface area contributed by atoms with E-state index in [9.17, 15) is 4.79 Å². The molecule has 0 saturated heterocycles. The number of hydrogen-bond acceptors (Lipinski definition) is 8. The van der Waals surface area contributed by atoms with Crippen LogP contribution >= 0.6 is 0 Å². The lowest BCUT2D eigenvalue weighted by molar-refractivity contribution is 0.0710. The summed E-state index contributed by atoms with van der Waals surface area (Å²) < 4.78 is 6.86. The lowest BCUT2D eigenvalue weighted by Crippen LogP contribution is -2.19. The molecule has 0 saturated carbocycles. The predicted molar refractivity (Wildman–Crippen MR) is 121 cm³/mol. The van der Waals surface area contributed by atoms with E-state index >= 15 is 0 Å². The molecule has 162 valence electrons. The van der Waals surface area contributed by atoms with E-state index in [0.29, 0.717) is 25.2 Å². The third kappa shape index (κ3) is 11.0. The Balaban J connectivity index is 2.52. The van der Waals surface area contributed by atoms with E-state index in [4.69, 9.17) is 15.3 Å². The number of nitrogens with zero attached hydrogens (tertiary/aromatic N) is 5. The molecule has 0 bridgehead atoms. The van der Waals surface area contributed by atoms with Crippen LogP contribution < -0.4 is 5.43 Å². The summed E-state index contributed by atoms with van der Waals surface area (Å²) in [7, 11) is 3.66. The topological polar surface area (TPSA) is 116 Å². The van der Waals surface area contributed by atoms with Gasteiger partial charge in [-0.05, 0) is 11.6 Å². The fourth-order valence-corrected chi connectivity index (χ4v) is 2.16. The van der Waals surface area contributed by atoms with Crippen molar-refractivity contribution in [2.24, 2.45) is 10.1 Å². The summed E-state index contributed by atoms with van der Waals surface area (Å²) in [6.45, 7) is 4.85. The Morgan fingerprint density at radius 3 is 2.93 bits per heavy atom. The Kier molecular flexibility index (Phi) is 12.2. The summed E-state index contributed by atoms with van der Waals surface area (Å²) in [5, 5.41) is 26.1. The van der Waals surface area contributed by atoms with Gasteiger partial charge in [0.1, 0.15) is 11.8 Å². The van der Waals surface area contributed by atoms with Gasteiger partial charge in [0.05, 0.1) is 26.3 Å². The highest BCUT2D eigenvalue weighted by atomic mass is 16.5. The molecule has 1 aromatic heterocycles. The molecule has 1 rings (SSSR count). The number of aromatic nitrogens is 2. The zero-order chi connectivity index (χ0) is 22.2. The Morgan fingerprint density at radius 2 is 2.23 bits per heavy atom. The van der Waals surface area contributed by atoms with Crippen molar-refractivity contribution in [3.8, 4) is 0 Å². The molecule has 2 N–H and O–H groups in total. The zero-order valence-electron chi connectivity index (χ0n) is 17.5. The highest BCUT2D eigenvalue weighted by Crippen LogP contribution is 2.01. The van der Waals surface area contributed by atoms with E-state index < -0.39 is 6.10 Å². The number of hydrazone groups is 1. The third-order valence-corrected chi connectivity index (χ3v) is 3.55. The van der Waals surface area contributed by atoms with Crippen molar-refractivity contribution in [1.29, 1.82) is 5.41 Å². The van der Waals surface area contributed by atoms with Crippen LogP contribution in [0.1, 0.15) is 5.69 Å². The van der Waals surface area contributed by atoms with Gasteiger partial charge in [0.25, 0.3) is 0 Å². The number of aliphatic hydroxyl groups is 1. The third-order valence-electron chi connectivity index (χ3n) is 3.55. The molecule has 0 spiro atoms. The lowest BCUT2D eigenvalue weighted by atomic mass is 10.1. The Hall–Kier alpha value is -3.17. The smallest absolute Gasteiger partial charge is 0.203 e. The number of aliphatic imine (C=N–C) groups is 1. The van der Waals surface area contributed by atoms with Gasteiger partial charge in [-0.2, -0.15) is 10.2 Å². The first kappa shape index (κ1) is 24.9. The number of nitrogens with one attached hydrogen (secondary N) is 1. The summed E-state index contributed by atoms with van der Waals surface area (Å²) in [5.74, 6) is 0. The highest BCUT2D eigenvalue weighted by Gasteiger charge is 2.03. The van der Waals surface area contributed by atoms with E-state index in [1.165, 1.54) is 6.07 Å². The maximum Gasteiger partial charge on any atom is 0.203 e. The number of rotatable bonds is 14. The van der Waals surface area contributed by atoms with Gasteiger partial charge in [-0.15, -0.1) is 0 Å². The molecular weight excluding hydrogens is 384 g/mol. The molecule has 1 atom stereocenters. The maximum atomic E-state index is 12.0. The van der Waals surface area contributed by atoms with Crippen molar-refractivity contribution >= 4 is 18.6 Å². The Labute approximate surface area is 176 Å². The first-order chi connectivity index (χ1) is 14.5. The fourth-order valence-electron chi connectivity index (χ4n) is 2.16. The van der Waals surface area contributed by atoms with Crippen LogP contribution in [-0.2, 0) is 17.7 Å². The molecule has 0 aliphatic carbocycles. The number of allylic oxidation sites excluding steroid dienone is 5. The second-order valence-corrected chi connectivity index (χ2v) is 6.39. The van der Waals surface area contributed by atoms with Crippen LogP contribution in [0.15, 0.2) is 63.6 Å². The largest absolute Gasteiger partial charge is 0.394 e. The summed E-state index contributed by atoms with van der Waals surface area (Å²) >= 11 is 0. The van der Waals surface area contributed by atoms with Gasteiger partial charge in [-0.25, -0.2) is 0 Å². The Morgan fingerprint density at radius 1 is 1.43 bits per heavy atom. The molecular formula is C21H30N6O3. The standard InChI is InChI=1S/C21H30N6O3/c1-18(7-5-4-6-9-23-17-19(16-22)30-14-13-28)15-20-21(29)8-11-27(25-20)12-10-24-26(2)3/h4-11,16,19,22,28H,1,12-15,17H2,2-3H3/b6-4+,7-5-,22-16?,23-9?,24-10-. The van der Waals surface area contributed by atoms with Gasteiger partial charge in [-0.1, -0.05) is 24.8 Å². The lowest BCUT2D eigenvalue weighted by Gasteiger charge is -2.08. The molecule has 0 amide bonds. The van der Waals surface area contributed by atoms with Crippen LogP contribution in [0.25, 0.3) is 0 Å².